The molecule has 160 valence electrons. The molecule has 0 bridgehead atoms. The lowest BCUT2D eigenvalue weighted by atomic mass is 10.1. The van der Waals surface area contributed by atoms with E-state index in [1.54, 1.807) is 24.3 Å². The van der Waals surface area contributed by atoms with Gasteiger partial charge in [0.05, 0.1) is 28.2 Å². The first-order chi connectivity index (χ1) is 14.7. The largest absolute Gasteiger partial charge is 0.465 e. The second-order valence-corrected chi connectivity index (χ2v) is 8.73. The number of sulfonamides is 1. The van der Waals surface area contributed by atoms with Crippen molar-refractivity contribution in [3.8, 4) is 0 Å². The van der Waals surface area contributed by atoms with Crippen LogP contribution in [0.1, 0.15) is 26.3 Å². The van der Waals surface area contributed by atoms with E-state index in [4.69, 9.17) is 11.6 Å². The number of carbonyl (C=O) groups is 2. The van der Waals surface area contributed by atoms with Gasteiger partial charge in [-0.2, -0.15) is 0 Å². The average Bonchev–Trinajstić information content (AvgIpc) is 2.75. The average molecular weight is 459 g/mol. The van der Waals surface area contributed by atoms with Crippen molar-refractivity contribution in [2.75, 3.05) is 17.1 Å². The third-order valence-corrected chi connectivity index (χ3v) is 6.09. The van der Waals surface area contributed by atoms with Crippen molar-refractivity contribution < 1.29 is 22.7 Å². The fourth-order valence-corrected chi connectivity index (χ4v) is 3.95. The number of halogens is 1. The topological polar surface area (TPSA) is 102 Å². The zero-order valence-corrected chi connectivity index (χ0v) is 18.3. The minimum absolute atomic E-state index is 0.0859. The summed E-state index contributed by atoms with van der Waals surface area (Å²) in [5.41, 5.74) is 1.98. The third-order valence-electron chi connectivity index (χ3n) is 4.36. The van der Waals surface area contributed by atoms with Crippen LogP contribution in [0, 0.1) is 6.92 Å². The lowest BCUT2D eigenvalue weighted by molar-refractivity contribution is 0.0600. The molecule has 0 radical (unpaired) electrons. The van der Waals surface area contributed by atoms with Crippen LogP contribution in [-0.4, -0.2) is 27.4 Å². The standard InChI is InChI=1S/C22H19ClN2O5S/c1-14-3-10-18(11-4-14)31(28,29)25-17-9-12-20(23)19(13-17)21(26)24-16-7-5-15(6-8-16)22(27)30-2/h3-13,25H,1-2H3,(H,24,26). The van der Waals surface area contributed by atoms with E-state index < -0.39 is 21.9 Å². The smallest absolute Gasteiger partial charge is 0.337 e. The van der Waals surface area contributed by atoms with E-state index in [1.165, 1.54) is 49.6 Å². The van der Waals surface area contributed by atoms with Gasteiger partial charge in [0.15, 0.2) is 0 Å². The van der Waals surface area contributed by atoms with Crippen molar-refractivity contribution in [1.29, 1.82) is 0 Å². The normalized spacial score (nSPS) is 10.9. The van der Waals surface area contributed by atoms with E-state index in [9.17, 15) is 18.0 Å². The van der Waals surface area contributed by atoms with Crippen molar-refractivity contribution in [3.63, 3.8) is 0 Å². The monoisotopic (exact) mass is 458 g/mol. The first-order valence-electron chi connectivity index (χ1n) is 9.08. The quantitative estimate of drug-likeness (QED) is 0.530. The van der Waals surface area contributed by atoms with Gasteiger partial charge in [-0.05, 0) is 61.5 Å². The minimum atomic E-state index is -3.83. The second-order valence-electron chi connectivity index (χ2n) is 6.64. The molecule has 3 aromatic carbocycles. The summed E-state index contributed by atoms with van der Waals surface area (Å²) in [5, 5.41) is 2.81. The van der Waals surface area contributed by atoms with Crippen LogP contribution in [-0.2, 0) is 14.8 Å². The van der Waals surface area contributed by atoms with Crippen LogP contribution in [0.2, 0.25) is 5.02 Å². The van der Waals surface area contributed by atoms with Crippen LogP contribution in [0.3, 0.4) is 0 Å². The Morgan fingerprint density at radius 3 is 2.13 bits per heavy atom. The molecule has 0 unspecified atom stereocenters. The van der Waals surface area contributed by atoms with Crippen molar-refractivity contribution in [1.82, 2.24) is 0 Å². The molecule has 7 nitrogen and oxygen atoms in total. The van der Waals surface area contributed by atoms with Gasteiger partial charge in [-0.1, -0.05) is 29.3 Å². The molecule has 0 aromatic heterocycles. The highest BCUT2D eigenvalue weighted by molar-refractivity contribution is 7.92. The van der Waals surface area contributed by atoms with Gasteiger partial charge in [-0.3, -0.25) is 9.52 Å². The fraction of sp³-hybridized carbons (Fsp3) is 0.0909. The maximum atomic E-state index is 12.7. The molecular formula is C22H19ClN2O5S. The Bertz CT molecular complexity index is 1220. The van der Waals surface area contributed by atoms with Crippen molar-refractivity contribution in [2.24, 2.45) is 0 Å². The van der Waals surface area contributed by atoms with E-state index in [1.807, 2.05) is 6.92 Å². The number of nitrogens with one attached hydrogen (secondary N) is 2. The molecule has 3 aromatic rings. The lowest BCUT2D eigenvalue weighted by Crippen LogP contribution is -2.15. The summed E-state index contributed by atoms with van der Waals surface area (Å²) in [7, 11) is -2.55. The van der Waals surface area contributed by atoms with Gasteiger partial charge in [0.2, 0.25) is 0 Å². The number of esters is 1. The van der Waals surface area contributed by atoms with Crippen molar-refractivity contribution in [3.05, 3.63) is 88.4 Å². The summed E-state index contributed by atoms with van der Waals surface area (Å²) >= 11 is 6.15. The van der Waals surface area contributed by atoms with Crippen LogP contribution in [0.5, 0.6) is 0 Å². The van der Waals surface area contributed by atoms with Gasteiger partial charge in [0, 0.05) is 11.4 Å². The molecule has 1 amide bonds. The maximum absolute atomic E-state index is 12.7. The number of aryl methyl sites for hydroxylation is 1. The number of amides is 1. The van der Waals surface area contributed by atoms with E-state index in [0.29, 0.717) is 11.3 Å². The molecule has 0 heterocycles. The SMILES string of the molecule is COC(=O)c1ccc(NC(=O)c2cc(NS(=O)(=O)c3ccc(C)cc3)ccc2Cl)cc1. The fourth-order valence-electron chi connectivity index (χ4n) is 2.70. The number of anilines is 2. The third kappa shape index (κ3) is 5.42. The van der Waals surface area contributed by atoms with Gasteiger partial charge in [0.1, 0.15) is 0 Å². The van der Waals surface area contributed by atoms with Crippen molar-refractivity contribution in [2.45, 2.75) is 11.8 Å². The number of hydrogen-bond acceptors (Lipinski definition) is 5. The predicted octanol–water partition coefficient (Wildman–Crippen LogP) is 4.49. The summed E-state index contributed by atoms with van der Waals surface area (Å²) in [6.07, 6.45) is 0. The molecule has 2 N–H and O–H groups in total. The predicted molar refractivity (Wildman–Crippen MR) is 119 cm³/mol. The molecule has 0 aliphatic carbocycles. The summed E-state index contributed by atoms with van der Waals surface area (Å²) < 4.78 is 32.3. The maximum Gasteiger partial charge on any atom is 0.337 e. The van der Waals surface area contributed by atoms with E-state index in [2.05, 4.69) is 14.8 Å². The number of hydrogen-bond donors (Lipinski definition) is 2. The molecule has 0 aliphatic rings. The first-order valence-corrected chi connectivity index (χ1v) is 10.9. The summed E-state index contributed by atoms with van der Waals surface area (Å²) in [4.78, 5) is 24.3. The zero-order chi connectivity index (χ0) is 22.6. The van der Waals surface area contributed by atoms with Gasteiger partial charge in [0.25, 0.3) is 15.9 Å². The van der Waals surface area contributed by atoms with Crippen LogP contribution in [0.25, 0.3) is 0 Å². The minimum Gasteiger partial charge on any atom is -0.465 e. The highest BCUT2D eigenvalue weighted by Crippen LogP contribution is 2.24. The number of ether oxygens (including phenoxy) is 1. The first kappa shape index (κ1) is 22.3. The number of carbonyl (C=O) groups excluding carboxylic acids is 2. The molecule has 3 rings (SSSR count). The second kappa shape index (κ2) is 9.20. The molecule has 9 heteroatoms. The Kier molecular flexibility index (Phi) is 6.62. The Hall–Kier alpha value is -3.36. The number of methoxy groups -OCH3 is 1. The van der Waals surface area contributed by atoms with E-state index in [0.717, 1.165) is 5.56 Å². The molecule has 0 aliphatic heterocycles. The molecule has 0 atom stereocenters. The summed E-state index contributed by atoms with van der Waals surface area (Å²) in [5.74, 6) is -1.03. The van der Waals surface area contributed by atoms with Crippen LogP contribution in [0.4, 0.5) is 11.4 Å². The molecular weight excluding hydrogens is 440 g/mol. The number of benzene rings is 3. The highest BCUT2D eigenvalue weighted by Gasteiger charge is 2.17. The van der Waals surface area contributed by atoms with Gasteiger partial charge < -0.3 is 10.1 Å². The van der Waals surface area contributed by atoms with Gasteiger partial charge in [-0.15, -0.1) is 0 Å². The van der Waals surface area contributed by atoms with E-state index in [-0.39, 0.29) is 21.2 Å². The van der Waals surface area contributed by atoms with E-state index >= 15 is 0 Å². The van der Waals surface area contributed by atoms with Crippen LogP contribution < -0.4 is 10.0 Å². The van der Waals surface area contributed by atoms with Crippen LogP contribution >= 0.6 is 11.6 Å². The van der Waals surface area contributed by atoms with Crippen LogP contribution in [0.15, 0.2) is 71.6 Å². The highest BCUT2D eigenvalue weighted by atomic mass is 35.5. The van der Waals surface area contributed by atoms with Crippen molar-refractivity contribution >= 4 is 44.9 Å². The summed E-state index contributed by atoms with van der Waals surface area (Å²) in [6.45, 7) is 1.86. The Labute approximate surface area is 185 Å². The Balaban J connectivity index is 1.79. The molecule has 0 spiro atoms. The summed E-state index contributed by atoms with van der Waals surface area (Å²) in [6, 6.07) is 16.8. The van der Waals surface area contributed by atoms with Gasteiger partial charge in [-0.25, -0.2) is 13.2 Å². The zero-order valence-electron chi connectivity index (χ0n) is 16.7. The Morgan fingerprint density at radius 2 is 1.52 bits per heavy atom. The van der Waals surface area contributed by atoms with Gasteiger partial charge >= 0.3 is 5.97 Å². The molecule has 31 heavy (non-hydrogen) atoms. The number of rotatable bonds is 6. The lowest BCUT2D eigenvalue weighted by Gasteiger charge is -2.12. The molecule has 0 saturated carbocycles. The molecule has 0 fully saturated rings. The Morgan fingerprint density at radius 1 is 0.903 bits per heavy atom. The molecule has 0 saturated heterocycles.